The molecule has 0 unspecified atom stereocenters. The fourth-order valence-corrected chi connectivity index (χ4v) is 2.07. The zero-order valence-corrected chi connectivity index (χ0v) is 11.8. The highest BCUT2D eigenvalue weighted by molar-refractivity contribution is 5.41. The number of hydrogen-bond donors (Lipinski definition) is 1. The first-order valence-corrected chi connectivity index (χ1v) is 6.67. The predicted octanol–water partition coefficient (Wildman–Crippen LogP) is 2.32. The summed E-state index contributed by atoms with van der Waals surface area (Å²) in [5, 5.41) is 11.3. The van der Waals surface area contributed by atoms with Crippen LogP contribution in [0.15, 0.2) is 6.20 Å². The van der Waals surface area contributed by atoms with E-state index in [9.17, 15) is 0 Å². The van der Waals surface area contributed by atoms with Gasteiger partial charge in [-0.3, -0.25) is 0 Å². The highest BCUT2D eigenvalue weighted by atomic mass is 15.3. The molecule has 1 saturated heterocycles. The van der Waals surface area contributed by atoms with Crippen molar-refractivity contribution in [3.8, 4) is 0 Å². The van der Waals surface area contributed by atoms with Crippen LogP contribution < -0.4 is 10.2 Å². The van der Waals surface area contributed by atoms with Gasteiger partial charge < -0.3 is 10.2 Å². The van der Waals surface area contributed by atoms with Gasteiger partial charge in [0.15, 0.2) is 5.82 Å². The summed E-state index contributed by atoms with van der Waals surface area (Å²) in [7, 11) is 0. The molecule has 100 valence electrons. The van der Waals surface area contributed by atoms with Gasteiger partial charge in [0.1, 0.15) is 0 Å². The third kappa shape index (κ3) is 3.55. The minimum absolute atomic E-state index is 0.0449. The van der Waals surface area contributed by atoms with Crippen LogP contribution in [0.5, 0.6) is 0 Å². The van der Waals surface area contributed by atoms with Crippen molar-refractivity contribution in [3.63, 3.8) is 0 Å². The first-order valence-electron chi connectivity index (χ1n) is 6.67. The van der Waals surface area contributed by atoms with Gasteiger partial charge in [-0.05, 0) is 39.5 Å². The van der Waals surface area contributed by atoms with Crippen molar-refractivity contribution in [2.75, 3.05) is 23.3 Å². The van der Waals surface area contributed by atoms with E-state index in [0.717, 1.165) is 24.8 Å². The summed E-state index contributed by atoms with van der Waals surface area (Å²) in [6.07, 6.45) is 4.21. The lowest BCUT2D eigenvalue weighted by atomic mass is 9.99. The summed E-state index contributed by atoms with van der Waals surface area (Å²) < 4.78 is 0. The van der Waals surface area contributed by atoms with E-state index in [2.05, 4.69) is 53.1 Å². The van der Waals surface area contributed by atoms with E-state index in [1.807, 2.05) is 0 Å². The molecule has 0 aliphatic carbocycles. The number of aromatic nitrogens is 3. The van der Waals surface area contributed by atoms with Crippen molar-refractivity contribution < 1.29 is 0 Å². The minimum atomic E-state index is -0.0449. The van der Waals surface area contributed by atoms with E-state index < -0.39 is 0 Å². The van der Waals surface area contributed by atoms with Crippen molar-refractivity contribution in [2.45, 2.75) is 46.1 Å². The van der Waals surface area contributed by atoms with Crippen molar-refractivity contribution in [1.29, 1.82) is 0 Å². The third-order valence-electron chi connectivity index (χ3n) is 3.14. The van der Waals surface area contributed by atoms with Crippen LogP contribution in [-0.2, 0) is 0 Å². The lowest BCUT2D eigenvalue weighted by molar-refractivity contribution is 0.436. The molecule has 18 heavy (non-hydrogen) atoms. The molecule has 2 heterocycles. The van der Waals surface area contributed by atoms with Crippen LogP contribution in [0, 0.1) is 5.92 Å². The molecule has 5 heteroatoms. The van der Waals surface area contributed by atoms with E-state index in [0.29, 0.717) is 5.95 Å². The number of nitrogens with zero attached hydrogens (tertiary/aromatic N) is 4. The molecule has 0 bridgehead atoms. The Labute approximate surface area is 109 Å². The molecule has 5 nitrogen and oxygen atoms in total. The molecular formula is C13H23N5. The van der Waals surface area contributed by atoms with Gasteiger partial charge in [-0.25, -0.2) is 0 Å². The van der Waals surface area contributed by atoms with Crippen LogP contribution in [0.4, 0.5) is 11.8 Å². The maximum Gasteiger partial charge on any atom is 0.245 e. The van der Waals surface area contributed by atoms with Crippen LogP contribution >= 0.6 is 0 Å². The molecule has 1 fully saturated rings. The molecule has 0 atom stereocenters. The Morgan fingerprint density at radius 1 is 1.28 bits per heavy atom. The van der Waals surface area contributed by atoms with Gasteiger partial charge in [-0.15, -0.1) is 5.10 Å². The second-order valence-electron chi connectivity index (χ2n) is 6.18. The molecule has 1 aliphatic rings. The lowest BCUT2D eigenvalue weighted by Crippen LogP contribution is -2.34. The van der Waals surface area contributed by atoms with Crippen LogP contribution in [-0.4, -0.2) is 33.8 Å². The van der Waals surface area contributed by atoms with Crippen molar-refractivity contribution in [3.05, 3.63) is 6.20 Å². The molecule has 1 aromatic heterocycles. The largest absolute Gasteiger partial charge is 0.355 e. The van der Waals surface area contributed by atoms with Gasteiger partial charge in [0.2, 0.25) is 5.95 Å². The van der Waals surface area contributed by atoms with Crippen molar-refractivity contribution in [2.24, 2.45) is 5.92 Å². The Morgan fingerprint density at radius 3 is 2.56 bits per heavy atom. The quantitative estimate of drug-likeness (QED) is 0.871. The van der Waals surface area contributed by atoms with Crippen molar-refractivity contribution >= 4 is 11.8 Å². The van der Waals surface area contributed by atoms with Gasteiger partial charge in [0, 0.05) is 18.6 Å². The number of nitrogens with one attached hydrogen (secondary N) is 1. The van der Waals surface area contributed by atoms with E-state index in [1.165, 1.54) is 12.8 Å². The first kappa shape index (κ1) is 13.1. The van der Waals surface area contributed by atoms with Crippen molar-refractivity contribution in [1.82, 2.24) is 15.2 Å². The lowest BCUT2D eigenvalue weighted by Gasteiger charge is -2.31. The third-order valence-corrected chi connectivity index (χ3v) is 3.14. The number of rotatable bonds is 2. The highest BCUT2D eigenvalue weighted by Crippen LogP contribution is 2.21. The monoisotopic (exact) mass is 249 g/mol. The van der Waals surface area contributed by atoms with Crippen LogP contribution in [0.3, 0.4) is 0 Å². The standard InChI is InChI=1S/C13H23N5/c1-10-5-7-18(8-6-10)11-9-14-17-12(15-11)16-13(2,3)4/h9-10H,5-8H2,1-4H3,(H,15,16,17). The summed E-state index contributed by atoms with van der Waals surface area (Å²) in [4.78, 5) is 6.84. The molecule has 1 aliphatic heterocycles. The molecule has 1 aromatic rings. The van der Waals surface area contributed by atoms with E-state index in [1.54, 1.807) is 6.20 Å². The van der Waals surface area contributed by atoms with Crippen LogP contribution in [0.25, 0.3) is 0 Å². The zero-order valence-electron chi connectivity index (χ0n) is 11.8. The molecule has 0 amide bonds. The molecule has 0 radical (unpaired) electrons. The van der Waals surface area contributed by atoms with E-state index in [4.69, 9.17) is 0 Å². The smallest absolute Gasteiger partial charge is 0.245 e. The maximum atomic E-state index is 4.55. The Morgan fingerprint density at radius 2 is 1.94 bits per heavy atom. The minimum Gasteiger partial charge on any atom is -0.355 e. The summed E-state index contributed by atoms with van der Waals surface area (Å²) in [5.74, 6) is 2.37. The molecular weight excluding hydrogens is 226 g/mol. The Kier molecular flexibility index (Phi) is 3.68. The SMILES string of the molecule is CC1CCN(c2cnnc(NC(C)(C)C)n2)CC1. The highest BCUT2D eigenvalue weighted by Gasteiger charge is 2.18. The fourth-order valence-electron chi connectivity index (χ4n) is 2.07. The zero-order chi connectivity index (χ0) is 13.2. The molecule has 0 spiro atoms. The molecule has 0 saturated carbocycles. The van der Waals surface area contributed by atoms with Gasteiger partial charge in [0.05, 0.1) is 6.20 Å². The van der Waals surface area contributed by atoms with Gasteiger partial charge in [-0.1, -0.05) is 6.92 Å². The first-order chi connectivity index (χ1) is 8.44. The average Bonchev–Trinajstić information content (AvgIpc) is 2.28. The van der Waals surface area contributed by atoms with Gasteiger partial charge in [0.25, 0.3) is 0 Å². The predicted molar refractivity (Wildman–Crippen MR) is 73.8 cm³/mol. The summed E-state index contributed by atoms with van der Waals surface area (Å²) in [6.45, 7) is 10.7. The van der Waals surface area contributed by atoms with Crippen LogP contribution in [0.2, 0.25) is 0 Å². The normalized spacial score (nSPS) is 17.9. The van der Waals surface area contributed by atoms with Gasteiger partial charge in [-0.2, -0.15) is 10.1 Å². The number of hydrogen-bond acceptors (Lipinski definition) is 5. The van der Waals surface area contributed by atoms with Gasteiger partial charge >= 0.3 is 0 Å². The van der Waals surface area contributed by atoms with Crippen LogP contribution in [0.1, 0.15) is 40.5 Å². The molecule has 1 N–H and O–H groups in total. The number of piperidine rings is 1. The molecule has 2 rings (SSSR count). The Hall–Kier alpha value is -1.39. The maximum absolute atomic E-state index is 4.55. The number of anilines is 2. The van der Waals surface area contributed by atoms with E-state index >= 15 is 0 Å². The average molecular weight is 249 g/mol. The summed E-state index contributed by atoms with van der Waals surface area (Å²) in [5.41, 5.74) is -0.0449. The Bertz CT molecular complexity index is 391. The topological polar surface area (TPSA) is 53.9 Å². The Balaban J connectivity index is 2.07. The summed E-state index contributed by atoms with van der Waals surface area (Å²) >= 11 is 0. The summed E-state index contributed by atoms with van der Waals surface area (Å²) in [6, 6.07) is 0. The fraction of sp³-hybridized carbons (Fsp3) is 0.769. The molecule has 0 aromatic carbocycles. The second kappa shape index (κ2) is 5.08. The second-order valence-corrected chi connectivity index (χ2v) is 6.18. The van der Waals surface area contributed by atoms with E-state index in [-0.39, 0.29) is 5.54 Å².